The predicted molar refractivity (Wildman–Crippen MR) is 95.6 cm³/mol. The van der Waals surface area contributed by atoms with E-state index in [0.717, 1.165) is 37.2 Å². The summed E-state index contributed by atoms with van der Waals surface area (Å²) in [6, 6.07) is 4.99. The third-order valence-corrected chi connectivity index (χ3v) is 6.48. The highest BCUT2D eigenvalue weighted by Gasteiger charge is 2.27. The van der Waals surface area contributed by atoms with Crippen LogP contribution in [0.3, 0.4) is 0 Å². The van der Waals surface area contributed by atoms with E-state index in [1.165, 1.54) is 6.07 Å². The normalized spacial score (nSPS) is 21.5. The quantitative estimate of drug-likeness (QED) is 0.886. The van der Waals surface area contributed by atoms with Crippen LogP contribution in [0.5, 0.6) is 0 Å². The molecule has 1 aliphatic rings. The lowest BCUT2D eigenvalue weighted by Gasteiger charge is -2.34. The summed E-state index contributed by atoms with van der Waals surface area (Å²) in [5.74, 6) is 0.626. The molecule has 0 heterocycles. The summed E-state index contributed by atoms with van der Waals surface area (Å²) in [6.07, 6.45) is 4.29. The zero-order valence-corrected chi connectivity index (χ0v) is 15.8. The summed E-state index contributed by atoms with van der Waals surface area (Å²) in [6.45, 7) is 6.14. The van der Waals surface area contributed by atoms with E-state index in [2.05, 4.69) is 11.6 Å². The largest absolute Gasteiger partial charge is 0.339 e. The summed E-state index contributed by atoms with van der Waals surface area (Å²) in [4.78, 5) is 14.8. The Labute approximate surface area is 145 Å². The zero-order chi connectivity index (χ0) is 17.9. The Morgan fingerprint density at radius 2 is 1.88 bits per heavy atom. The average molecular weight is 353 g/mol. The van der Waals surface area contributed by atoms with Gasteiger partial charge in [-0.25, -0.2) is 13.1 Å². The number of hydrogen-bond donors (Lipinski definition) is 1. The topological polar surface area (TPSA) is 66.5 Å². The van der Waals surface area contributed by atoms with Gasteiger partial charge in [0.15, 0.2) is 0 Å². The number of amides is 1. The molecule has 5 nitrogen and oxygen atoms in total. The lowest BCUT2D eigenvalue weighted by atomic mass is 9.86. The molecule has 0 unspecified atom stereocenters. The van der Waals surface area contributed by atoms with E-state index in [-0.39, 0.29) is 16.8 Å². The van der Waals surface area contributed by atoms with Crippen molar-refractivity contribution in [2.24, 2.45) is 5.92 Å². The molecule has 0 bridgehead atoms. The molecular formula is C18H28N2O3S. The van der Waals surface area contributed by atoms with Gasteiger partial charge < -0.3 is 4.90 Å². The molecule has 6 heteroatoms. The van der Waals surface area contributed by atoms with Crippen LogP contribution in [-0.2, 0) is 10.0 Å². The van der Waals surface area contributed by atoms with Gasteiger partial charge in [0, 0.05) is 25.2 Å². The molecule has 1 saturated carbocycles. The van der Waals surface area contributed by atoms with Crippen molar-refractivity contribution >= 4 is 15.9 Å². The number of nitrogens with one attached hydrogen (secondary N) is 1. The standard InChI is InChI=1S/C18H28N2O3S/c1-5-19-24(22,23)16-11-8-14(3)17(12-16)18(21)20(4)15-9-6-13(2)7-10-15/h8,11-13,15,19H,5-7,9-10H2,1-4H3. The second-order valence-corrected chi connectivity index (χ2v) is 8.57. The van der Waals surface area contributed by atoms with Crippen LogP contribution in [0.1, 0.15) is 55.5 Å². The molecule has 0 saturated heterocycles. The fourth-order valence-corrected chi connectivity index (χ4v) is 4.32. The Balaban J connectivity index is 2.25. The molecule has 0 spiro atoms. The number of rotatable bonds is 5. The van der Waals surface area contributed by atoms with E-state index in [9.17, 15) is 13.2 Å². The number of carbonyl (C=O) groups is 1. The van der Waals surface area contributed by atoms with Gasteiger partial charge in [-0.15, -0.1) is 0 Å². The minimum Gasteiger partial charge on any atom is -0.339 e. The molecule has 0 aliphatic heterocycles. The number of benzene rings is 1. The van der Waals surface area contributed by atoms with Crippen molar-refractivity contribution < 1.29 is 13.2 Å². The third kappa shape index (κ3) is 4.16. The van der Waals surface area contributed by atoms with Crippen molar-refractivity contribution in [2.75, 3.05) is 13.6 Å². The van der Waals surface area contributed by atoms with Gasteiger partial charge in [-0.2, -0.15) is 0 Å². The Hall–Kier alpha value is -1.40. The lowest BCUT2D eigenvalue weighted by Crippen LogP contribution is -2.39. The first kappa shape index (κ1) is 18.9. The fraction of sp³-hybridized carbons (Fsp3) is 0.611. The molecular weight excluding hydrogens is 324 g/mol. The monoisotopic (exact) mass is 352 g/mol. The molecule has 1 aromatic carbocycles. The van der Waals surface area contributed by atoms with Crippen molar-refractivity contribution in [3.8, 4) is 0 Å². The van der Waals surface area contributed by atoms with E-state index in [0.29, 0.717) is 12.1 Å². The first-order valence-corrected chi connectivity index (χ1v) is 10.1. The number of carbonyl (C=O) groups excluding carboxylic acids is 1. The SMILES string of the molecule is CCNS(=O)(=O)c1ccc(C)c(C(=O)N(C)C2CCC(C)CC2)c1. The molecule has 2 rings (SSSR count). The highest BCUT2D eigenvalue weighted by Crippen LogP contribution is 2.28. The number of nitrogens with zero attached hydrogens (tertiary/aromatic N) is 1. The second-order valence-electron chi connectivity index (χ2n) is 6.81. The van der Waals surface area contributed by atoms with Crippen molar-refractivity contribution in [2.45, 2.75) is 57.4 Å². The van der Waals surface area contributed by atoms with Crippen LogP contribution in [0.4, 0.5) is 0 Å². The molecule has 0 radical (unpaired) electrons. The van der Waals surface area contributed by atoms with E-state index in [4.69, 9.17) is 0 Å². The highest BCUT2D eigenvalue weighted by atomic mass is 32.2. The van der Waals surface area contributed by atoms with Crippen LogP contribution >= 0.6 is 0 Å². The number of aryl methyl sites for hydroxylation is 1. The summed E-state index contributed by atoms with van der Waals surface area (Å²) in [7, 11) is -1.73. The second kappa shape index (κ2) is 7.66. The lowest BCUT2D eigenvalue weighted by molar-refractivity contribution is 0.0678. The van der Waals surface area contributed by atoms with Crippen LogP contribution in [0.25, 0.3) is 0 Å². The predicted octanol–water partition coefficient (Wildman–Crippen LogP) is 2.94. The van der Waals surface area contributed by atoms with E-state index >= 15 is 0 Å². The van der Waals surface area contributed by atoms with Crippen LogP contribution in [0.2, 0.25) is 0 Å². The zero-order valence-electron chi connectivity index (χ0n) is 15.0. The van der Waals surface area contributed by atoms with Gasteiger partial charge in [0.1, 0.15) is 0 Å². The summed E-state index contributed by atoms with van der Waals surface area (Å²) >= 11 is 0. The summed E-state index contributed by atoms with van der Waals surface area (Å²) in [5, 5.41) is 0. The first-order valence-electron chi connectivity index (χ1n) is 8.63. The molecule has 1 aliphatic carbocycles. The van der Waals surface area contributed by atoms with E-state index in [1.807, 2.05) is 14.0 Å². The number of sulfonamides is 1. The minimum absolute atomic E-state index is 0.0967. The Morgan fingerprint density at radius 1 is 1.25 bits per heavy atom. The fourth-order valence-electron chi connectivity index (χ4n) is 3.26. The summed E-state index contributed by atoms with van der Waals surface area (Å²) < 4.78 is 26.8. The average Bonchev–Trinajstić information content (AvgIpc) is 2.54. The molecule has 134 valence electrons. The van der Waals surface area contributed by atoms with Crippen LogP contribution in [0.15, 0.2) is 23.1 Å². The van der Waals surface area contributed by atoms with Crippen LogP contribution in [-0.4, -0.2) is 38.9 Å². The molecule has 1 amide bonds. The van der Waals surface area contributed by atoms with Crippen molar-refractivity contribution in [3.63, 3.8) is 0 Å². The van der Waals surface area contributed by atoms with Gasteiger partial charge in [0.2, 0.25) is 10.0 Å². The van der Waals surface area contributed by atoms with E-state index < -0.39 is 10.0 Å². The van der Waals surface area contributed by atoms with E-state index in [1.54, 1.807) is 24.0 Å². The molecule has 0 aromatic heterocycles. The van der Waals surface area contributed by atoms with Gasteiger partial charge >= 0.3 is 0 Å². The van der Waals surface area contributed by atoms with Crippen molar-refractivity contribution in [1.29, 1.82) is 0 Å². The van der Waals surface area contributed by atoms with Crippen LogP contribution in [0, 0.1) is 12.8 Å². The van der Waals surface area contributed by atoms with Crippen LogP contribution < -0.4 is 4.72 Å². The molecule has 1 N–H and O–H groups in total. The highest BCUT2D eigenvalue weighted by molar-refractivity contribution is 7.89. The maximum absolute atomic E-state index is 12.9. The Kier molecular flexibility index (Phi) is 6.04. The van der Waals surface area contributed by atoms with Gasteiger partial charge in [0.05, 0.1) is 4.90 Å². The third-order valence-electron chi connectivity index (χ3n) is 4.94. The Morgan fingerprint density at radius 3 is 2.46 bits per heavy atom. The van der Waals surface area contributed by atoms with Gasteiger partial charge in [0.25, 0.3) is 5.91 Å². The summed E-state index contributed by atoms with van der Waals surface area (Å²) in [5.41, 5.74) is 1.27. The molecule has 1 aromatic rings. The smallest absolute Gasteiger partial charge is 0.254 e. The molecule has 24 heavy (non-hydrogen) atoms. The van der Waals surface area contributed by atoms with Crippen molar-refractivity contribution in [3.05, 3.63) is 29.3 Å². The van der Waals surface area contributed by atoms with Gasteiger partial charge in [-0.3, -0.25) is 4.79 Å². The minimum atomic E-state index is -3.56. The maximum Gasteiger partial charge on any atom is 0.254 e. The molecule has 1 fully saturated rings. The van der Waals surface area contributed by atoms with Crippen molar-refractivity contribution in [1.82, 2.24) is 9.62 Å². The maximum atomic E-state index is 12.9. The van der Waals surface area contributed by atoms with Gasteiger partial charge in [-0.05, 0) is 56.2 Å². The Bertz CT molecular complexity index is 692. The van der Waals surface area contributed by atoms with Gasteiger partial charge in [-0.1, -0.05) is 19.9 Å². The first-order chi connectivity index (χ1) is 11.3. The molecule has 0 atom stereocenters. The number of hydrogen-bond acceptors (Lipinski definition) is 3.